The smallest absolute Gasteiger partial charge is 0.299 e. The Hall–Kier alpha value is -3.00. The number of non-ortho nitro benzene ring substituents is 1. The van der Waals surface area contributed by atoms with Gasteiger partial charge in [0.2, 0.25) is 0 Å². The average Bonchev–Trinajstić information content (AvgIpc) is 2.95. The number of rotatable bonds is 6. The van der Waals surface area contributed by atoms with E-state index in [2.05, 4.69) is 29.2 Å². The summed E-state index contributed by atoms with van der Waals surface area (Å²) in [6.45, 7) is 0.935. The molecule has 8 nitrogen and oxygen atoms in total. The van der Waals surface area contributed by atoms with Crippen LogP contribution in [0.2, 0.25) is 0 Å². The minimum atomic E-state index is -0.598. The predicted octanol–water partition coefficient (Wildman–Crippen LogP) is 4.13. The Bertz CT molecular complexity index is 906. The molecule has 2 heterocycles. The van der Waals surface area contributed by atoms with Crippen molar-refractivity contribution >= 4 is 17.1 Å². The van der Waals surface area contributed by atoms with E-state index < -0.39 is 9.85 Å². The van der Waals surface area contributed by atoms with Crippen molar-refractivity contribution in [3.8, 4) is 0 Å². The van der Waals surface area contributed by atoms with E-state index >= 15 is 0 Å². The maximum absolute atomic E-state index is 11.5. The summed E-state index contributed by atoms with van der Waals surface area (Å²) in [6.07, 6.45) is 4.16. The van der Waals surface area contributed by atoms with Gasteiger partial charge in [0.1, 0.15) is 5.69 Å². The van der Waals surface area contributed by atoms with Gasteiger partial charge in [0.05, 0.1) is 15.9 Å². The standard InChI is InChI=1S/C21H24N4O4/c1-22(20-10-9-18(24(26)27)13-21(20)25(28)29)19-11-16-7-8-17(12-19)23(16)14-15-5-3-2-4-6-15/h2-6,9-10,13,16-17,19H,7-8,11-12,14H2,1H3. The van der Waals surface area contributed by atoms with Gasteiger partial charge in [-0.05, 0) is 37.3 Å². The van der Waals surface area contributed by atoms with E-state index in [0.717, 1.165) is 38.3 Å². The van der Waals surface area contributed by atoms with Crippen LogP contribution in [0.1, 0.15) is 31.2 Å². The Morgan fingerprint density at radius 1 is 1.00 bits per heavy atom. The fourth-order valence-corrected chi connectivity index (χ4v) is 4.88. The first-order chi connectivity index (χ1) is 13.9. The second kappa shape index (κ2) is 7.79. The molecule has 0 aromatic heterocycles. The number of nitrogens with zero attached hydrogens (tertiary/aromatic N) is 4. The van der Waals surface area contributed by atoms with E-state index in [1.807, 2.05) is 18.0 Å². The maximum atomic E-state index is 11.5. The molecule has 152 valence electrons. The molecule has 0 spiro atoms. The first-order valence-corrected chi connectivity index (χ1v) is 9.89. The van der Waals surface area contributed by atoms with Crippen LogP contribution in [0.25, 0.3) is 0 Å². The van der Waals surface area contributed by atoms with E-state index in [1.165, 1.54) is 17.7 Å². The Morgan fingerprint density at radius 3 is 2.24 bits per heavy atom. The minimum absolute atomic E-state index is 0.180. The molecule has 2 unspecified atom stereocenters. The van der Waals surface area contributed by atoms with Gasteiger partial charge in [0.25, 0.3) is 11.4 Å². The van der Waals surface area contributed by atoms with E-state index in [1.54, 1.807) is 0 Å². The van der Waals surface area contributed by atoms with E-state index in [9.17, 15) is 20.2 Å². The molecule has 2 aromatic carbocycles. The molecule has 2 bridgehead atoms. The molecule has 0 N–H and O–H groups in total. The summed E-state index contributed by atoms with van der Waals surface area (Å²) in [6, 6.07) is 15.5. The third kappa shape index (κ3) is 3.80. The van der Waals surface area contributed by atoms with Gasteiger partial charge in [-0.1, -0.05) is 30.3 Å². The molecule has 2 saturated heterocycles. The molecule has 2 aromatic rings. The fraction of sp³-hybridized carbons (Fsp3) is 0.429. The van der Waals surface area contributed by atoms with Crippen LogP contribution < -0.4 is 4.90 Å². The molecule has 2 fully saturated rings. The van der Waals surface area contributed by atoms with E-state index in [-0.39, 0.29) is 17.4 Å². The Balaban J connectivity index is 1.52. The summed E-state index contributed by atoms with van der Waals surface area (Å²) in [4.78, 5) is 25.9. The molecule has 29 heavy (non-hydrogen) atoms. The number of hydrogen-bond donors (Lipinski definition) is 0. The topological polar surface area (TPSA) is 92.8 Å². The summed E-state index contributed by atoms with van der Waals surface area (Å²) in [5.74, 6) is 0. The highest BCUT2D eigenvalue weighted by molar-refractivity contribution is 5.67. The van der Waals surface area contributed by atoms with Crippen LogP contribution in [0.4, 0.5) is 17.1 Å². The molecule has 2 aliphatic heterocycles. The summed E-state index contributed by atoms with van der Waals surface area (Å²) in [7, 11) is 1.87. The largest absolute Gasteiger partial charge is 0.366 e. The van der Waals surface area contributed by atoms with Crippen LogP contribution in [0.15, 0.2) is 48.5 Å². The number of nitro benzene ring substituents is 2. The van der Waals surface area contributed by atoms with Gasteiger partial charge in [-0.2, -0.15) is 0 Å². The highest BCUT2D eigenvalue weighted by atomic mass is 16.6. The molecule has 0 aliphatic carbocycles. The minimum Gasteiger partial charge on any atom is -0.366 e. The van der Waals surface area contributed by atoms with Crippen LogP contribution in [-0.4, -0.2) is 39.9 Å². The number of benzene rings is 2. The maximum Gasteiger partial charge on any atom is 0.299 e. The number of piperidine rings is 1. The van der Waals surface area contributed by atoms with Gasteiger partial charge in [-0.3, -0.25) is 25.1 Å². The monoisotopic (exact) mass is 396 g/mol. The molecule has 0 amide bonds. The van der Waals surface area contributed by atoms with Crippen LogP contribution in [0.3, 0.4) is 0 Å². The van der Waals surface area contributed by atoms with E-state index in [0.29, 0.717) is 17.8 Å². The summed E-state index contributed by atoms with van der Waals surface area (Å²) >= 11 is 0. The third-order valence-electron chi connectivity index (χ3n) is 6.36. The summed E-state index contributed by atoms with van der Waals surface area (Å²) < 4.78 is 0. The van der Waals surface area contributed by atoms with Crippen molar-refractivity contribution in [2.24, 2.45) is 0 Å². The zero-order chi connectivity index (χ0) is 20.5. The number of fused-ring (bicyclic) bond motifs is 2. The molecule has 0 saturated carbocycles. The van der Waals surface area contributed by atoms with Crippen LogP contribution in [0, 0.1) is 20.2 Å². The van der Waals surface area contributed by atoms with E-state index in [4.69, 9.17) is 0 Å². The zero-order valence-corrected chi connectivity index (χ0v) is 16.3. The summed E-state index contributed by atoms with van der Waals surface area (Å²) in [5, 5.41) is 22.5. The lowest BCUT2D eigenvalue weighted by Crippen LogP contribution is -2.49. The first kappa shape index (κ1) is 19.3. The second-order valence-electron chi connectivity index (χ2n) is 7.97. The quantitative estimate of drug-likeness (QED) is 0.538. The first-order valence-electron chi connectivity index (χ1n) is 9.89. The molecule has 8 heteroatoms. The Labute approximate surface area is 169 Å². The highest BCUT2D eigenvalue weighted by Gasteiger charge is 2.42. The van der Waals surface area contributed by atoms with Gasteiger partial charge < -0.3 is 4.90 Å². The normalized spacial score (nSPS) is 23.7. The van der Waals surface area contributed by atoms with Crippen molar-refractivity contribution in [2.75, 3.05) is 11.9 Å². The lowest BCUT2D eigenvalue weighted by Gasteiger charge is -2.42. The molecule has 2 atom stereocenters. The Morgan fingerprint density at radius 2 is 1.66 bits per heavy atom. The van der Waals surface area contributed by atoms with Gasteiger partial charge >= 0.3 is 0 Å². The van der Waals surface area contributed by atoms with Crippen molar-refractivity contribution < 1.29 is 9.85 Å². The number of anilines is 1. The van der Waals surface area contributed by atoms with Crippen LogP contribution in [-0.2, 0) is 6.54 Å². The molecule has 4 rings (SSSR count). The average molecular weight is 396 g/mol. The number of hydrogen-bond acceptors (Lipinski definition) is 6. The molecular weight excluding hydrogens is 372 g/mol. The van der Waals surface area contributed by atoms with Crippen molar-refractivity contribution in [2.45, 2.75) is 50.4 Å². The molecule has 0 radical (unpaired) electrons. The summed E-state index contributed by atoms with van der Waals surface area (Å²) in [5.41, 5.74) is 1.29. The van der Waals surface area contributed by atoms with Gasteiger partial charge in [-0.25, -0.2) is 0 Å². The fourth-order valence-electron chi connectivity index (χ4n) is 4.88. The van der Waals surface area contributed by atoms with Crippen LogP contribution >= 0.6 is 0 Å². The van der Waals surface area contributed by atoms with Gasteiger partial charge in [0.15, 0.2) is 0 Å². The lowest BCUT2D eigenvalue weighted by atomic mass is 9.95. The Kier molecular flexibility index (Phi) is 5.19. The SMILES string of the molecule is CN(c1ccc([N+](=O)[O-])cc1[N+](=O)[O-])C1CC2CCC(C1)N2Cc1ccccc1. The lowest BCUT2D eigenvalue weighted by molar-refractivity contribution is -0.393. The molecule has 2 aliphatic rings. The van der Waals surface area contributed by atoms with Crippen LogP contribution in [0.5, 0.6) is 0 Å². The van der Waals surface area contributed by atoms with Crippen molar-refractivity contribution in [3.63, 3.8) is 0 Å². The zero-order valence-electron chi connectivity index (χ0n) is 16.3. The van der Waals surface area contributed by atoms with Crippen molar-refractivity contribution in [1.29, 1.82) is 0 Å². The third-order valence-corrected chi connectivity index (χ3v) is 6.36. The van der Waals surface area contributed by atoms with Crippen molar-refractivity contribution in [1.82, 2.24) is 4.90 Å². The molecular formula is C21H24N4O4. The second-order valence-corrected chi connectivity index (χ2v) is 7.97. The highest BCUT2D eigenvalue weighted by Crippen LogP contribution is 2.41. The predicted molar refractivity (Wildman–Crippen MR) is 110 cm³/mol. The van der Waals surface area contributed by atoms with Gasteiger partial charge in [0, 0.05) is 37.8 Å². The van der Waals surface area contributed by atoms with Crippen molar-refractivity contribution in [3.05, 3.63) is 74.3 Å². The number of nitro groups is 2. The van der Waals surface area contributed by atoms with Gasteiger partial charge in [-0.15, -0.1) is 0 Å².